The fourth-order valence-corrected chi connectivity index (χ4v) is 2.38. The molecule has 2 N–H and O–H groups in total. The summed E-state index contributed by atoms with van der Waals surface area (Å²) in [5.41, 5.74) is -1.72. The highest BCUT2D eigenvalue weighted by molar-refractivity contribution is 5.97. The lowest BCUT2D eigenvalue weighted by molar-refractivity contribution is -0.156. The normalized spacial score (nSPS) is 12.7. The maximum atomic E-state index is 13.8. The number of carboxylic acid groups (broad SMARTS) is 1. The van der Waals surface area contributed by atoms with Crippen LogP contribution in [0.2, 0.25) is 0 Å². The number of amides is 1. The number of carbonyl (C=O) groups is 2. The summed E-state index contributed by atoms with van der Waals surface area (Å²) < 4.78 is 72.4. The molecule has 0 radical (unpaired) electrons. The quantitative estimate of drug-likeness (QED) is 0.782. The highest BCUT2D eigenvalue weighted by atomic mass is 19.4. The van der Waals surface area contributed by atoms with Crippen LogP contribution >= 0.6 is 0 Å². The molecule has 1 aromatic heterocycles. The third-order valence-electron chi connectivity index (χ3n) is 3.48. The highest BCUT2D eigenvalue weighted by Gasteiger charge is 2.45. The molecule has 2 aromatic rings. The van der Waals surface area contributed by atoms with Gasteiger partial charge in [0.25, 0.3) is 5.91 Å². The van der Waals surface area contributed by atoms with Crippen molar-refractivity contribution in [1.82, 2.24) is 5.32 Å². The largest absolute Gasteiger partial charge is 0.481 e. The van der Waals surface area contributed by atoms with Crippen LogP contribution in [0.4, 0.5) is 22.0 Å². The van der Waals surface area contributed by atoms with Crippen LogP contribution in [0.15, 0.2) is 28.9 Å². The zero-order valence-corrected chi connectivity index (χ0v) is 13.2. The summed E-state index contributed by atoms with van der Waals surface area (Å²) in [7, 11) is 0. The smallest absolute Gasteiger partial charge is 0.413 e. The molecule has 2 rings (SSSR count). The molecule has 26 heavy (non-hydrogen) atoms. The Morgan fingerprint density at radius 2 is 1.81 bits per heavy atom. The zero-order valence-electron chi connectivity index (χ0n) is 13.2. The molecule has 1 amide bonds. The van der Waals surface area contributed by atoms with Gasteiger partial charge in [0.1, 0.15) is 23.8 Å². The summed E-state index contributed by atoms with van der Waals surface area (Å²) in [6.07, 6.45) is -4.95. The SMILES string of the molecule is Cc1coc(CC(=O)O)c1C(=O)NC(c1c(F)cccc1F)C(F)(F)F. The Hall–Kier alpha value is -2.91. The minimum atomic E-state index is -5.21. The molecular formula is C16H12F5NO4. The van der Waals surface area contributed by atoms with Gasteiger partial charge < -0.3 is 14.8 Å². The Bertz CT molecular complexity index is 823. The van der Waals surface area contributed by atoms with E-state index in [1.165, 1.54) is 12.2 Å². The molecule has 0 fully saturated rings. The molecular weight excluding hydrogens is 365 g/mol. The van der Waals surface area contributed by atoms with E-state index in [0.29, 0.717) is 12.1 Å². The molecule has 1 atom stereocenters. The van der Waals surface area contributed by atoms with E-state index in [-0.39, 0.29) is 11.3 Å². The second kappa shape index (κ2) is 7.14. The van der Waals surface area contributed by atoms with Crippen LogP contribution in [0.3, 0.4) is 0 Å². The Labute approximate surface area is 143 Å². The lowest BCUT2D eigenvalue weighted by Crippen LogP contribution is -2.39. The fraction of sp³-hybridized carbons (Fsp3) is 0.250. The van der Waals surface area contributed by atoms with Gasteiger partial charge in [-0.05, 0) is 19.1 Å². The molecule has 0 spiro atoms. The van der Waals surface area contributed by atoms with Gasteiger partial charge in [-0.1, -0.05) is 6.07 Å². The fourth-order valence-electron chi connectivity index (χ4n) is 2.38. The van der Waals surface area contributed by atoms with Crippen LogP contribution < -0.4 is 5.32 Å². The summed E-state index contributed by atoms with van der Waals surface area (Å²) >= 11 is 0. The highest BCUT2D eigenvalue weighted by Crippen LogP contribution is 2.36. The minimum Gasteiger partial charge on any atom is -0.481 e. The molecule has 1 aromatic carbocycles. The summed E-state index contributed by atoms with van der Waals surface area (Å²) in [5, 5.41) is 10.3. The van der Waals surface area contributed by atoms with E-state index in [2.05, 4.69) is 0 Å². The van der Waals surface area contributed by atoms with Crippen LogP contribution in [0.25, 0.3) is 0 Å². The van der Waals surface area contributed by atoms with E-state index in [1.807, 2.05) is 0 Å². The first-order valence-corrected chi connectivity index (χ1v) is 7.12. The number of aryl methyl sites for hydroxylation is 1. The number of hydrogen-bond acceptors (Lipinski definition) is 3. The standard InChI is InChI=1S/C16H12F5NO4/c1-7-6-26-10(5-11(23)24)12(7)15(25)22-14(16(19,20)21)13-8(17)3-2-4-9(13)18/h2-4,6,14H,5H2,1H3,(H,22,25)(H,23,24). The van der Waals surface area contributed by atoms with Crippen LogP contribution in [-0.2, 0) is 11.2 Å². The van der Waals surface area contributed by atoms with Crippen molar-refractivity contribution in [3.63, 3.8) is 0 Å². The van der Waals surface area contributed by atoms with Crippen molar-refractivity contribution in [1.29, 1.82) is 0 Å². The summed E-state index contributed by atoms with van der Waals surface area (Å²) in [6, 6.07) is -0.831. The van der Waals surface area contributed by atoms with E-state index in [9.17, 15) is 31.5 Å². The van der Waals surface area contributed by atoms with Gasteiger partial charge in [-0.25, -0.2) is 8.78 Å². The Balaban J connectivity index is 2.44. The number of benzene rings is 1. The molecule has 1 heterocycles. The number of aliphatic carboxylic acids is 1. The van der Waals surface area contributed by atoms with Gasteiger partial charge in [0.05, 0.1) is 17.4 Å². The van der Waals surface area contributed by atoms with Gasteiger partial charge in [-0.15, -0.1) is 0 Å². The molecule has 0 aliphatic rings. The number of alkyl halides is 3. The van der Waals surface area contributed by atoms with E-state index >= 15 is 0 Å². The Kier molecular flexibility index (Phi) is 5.33. The first kappa shape index (κ1) is 19.4. The van der Waals surface area contributed by atoms with Crippen molar-refractivity contribution in [2.24, 2.45) is 0 Å². The number of furan rings is 1. The Morgan fingerprint density at radius 3 is 2.31 bits per heavy atom. The number of carbonyl (C=O) groups excluding carboxylic acids is 1. The third kappa shape index (κ3) is 4.01. The molecule has 0 aliphatic heterocycles. The molecule has 5 nitrogen and oxygen atoms in total. The topological polar surface area (TPSA) is 79.5 Å². The summed E-state index contributed by atoms with van der Waals surface area (Å²) in [5.74, 6) is -6.08. The van der Waals surface area contributed by atoms with Crippen molar-refractivity contribution < 1.29 is 41.1 Å². The first-order valence-electron chi connectivity index (χ1n) is 7.12. The van der Waals surface area contributed by atoms with Crippen molar-refractivity contribution in [3.8, 4) is 0 Å². The predicted molar refractivity (Wildman–Crippen MR) is 77.4 cm³/mol. The van der Waals surface area contributed by atoms with Gasteiger partial charge in [0.2, 0.25) is 0 Å². The van der Waals surface area contributed by atoms with Gasteiger partial charge in [-0.3, -0.25) is 9.59 Å². The molecule has 0 saturated heterocycles. The summed E-state index contributed by atoms with van der Waals surface area (Å²) in [6.45, 7) is 1.32. The Morgan fingerprint density at radius 1 is 1.23 bits per heavy atom. The van der Waals surface area contributed by atoms with Crippen LogP contribution in [-0.4, -0.2) is 23.2 Å². The van der Waals surface area contributed by atoms with Crippen LogP contribution in [0.1, 0.15) is 33.3 Å². The second-order valence-electron chi connectivity index (χ2n) is 5.37. The summed E-state index contributed by atoms with van der Waals surface area (Å²) in [4.78, 5) is 23.0. The maximum absolute atomic E-state index is 13.8. The van der Waals surface area contributed by atoms with Crippen molar-refractivity contribution >= 4 is 11.9 Å². The van der Waals surface area contributed by atoms with Gasteiger partial charge in [0.15, 0.2) is 6.04 Å². The zero-order chi connectivity index (χ0) is 19.6. The van der Waals surface area contributed by atoms with Crippen molar-refractivity contribution in [2.45, 2.75) is 25.6 Å². The average Bonchev–Trinajstić information content (AvgIpc) is 2.84. The third-order valence-corrected chi connectivity index (χ3v) is 3.48. The van der Waals surface area contributed by atoms with E-state index in [1.54, 1.807) is 0 Å². The van der Waals surface area contributed by atoms with E-state index < -0.39 is 53.3 Å². The molecule has 0 bridgehead atoms. The van der Waals surface area contributed by atoms with Crippen LogP contribution in [0, 0.1) is 18.6 Å². The number of rotatable bonds is 5. The predicted octanol–water partition coefficient (Wildman–Crippen LogP) is 3.53. The molecule has 140 valence electrons. The average molecular weight is 377 g/mol. The lowest BCUT2D eigenvalue weighted by Gasteiger charge is -2.23. The van der Waals surface area contributed by atoms with E-state index in [4.69, 9.17) is 9.52 Å². The first-order chi connectivity index (χ1) is 12.0. The minimum absolute atomic E-state index is 0.0775. The molecule has 1 unspecified atom stereocenters. The number of halogens is 5. The van der Waals surface area contributed by atoms with Crippen molar-refractivity contribution in [3.05, 3.63) is 58.5 Å². The number of nitrogens with one attached hydrogen (secondary N) is 1. The van der Waals surface area contributed by atoms with Gasteiger partial charge >= 0.3 is 12.1 Å². The van der Waals surface area contributed by atoms with E-state index in [0.717, 1.165) is 12.3 Å². The maximum Gasteiger partial charge on any atom is 0.413 e. The second-order valence-corrected chi connectivity index (χ2v) is 5.37. The molecule has 0 saturated carbocycles. The number of hydrogen-bond donors (Lipinski definition) is 2. The van der Waals surface area contributed by atoms with Gasteiger partial charge in [-0.2, -0.15) is 13.2 Å². The van der Waals surface area contributed by atoms with Crippen molar-refractivity contribution in [2.75, 3.05) is 0 Å². The molecule has 10 heteroatoms. The van der Waals surface area contributed by atoms with Crippen LogP contribution in [0.5, 0.6) is 0 Å². The van der Waals surface area contributed by atoms with Gasteiger partial charge in [0, 0.05) is 5.56 Å². The monoisotopic (exact) mass is 377 g/mol. The lowest BCUT2D eigenvalue weighted by atomic mass is 10.0. The molecule has 0 aliphatic carbocycles. The number of carboxylic acids is 1.